The van der Waals surface area contributed by atoms with Gasteiger partial charge in [-0.25, -0.2) is 0 Å². The second-order valence-corrected chi connectivity index (χ2v) is 2.32. The Morgan fingerprint density at radius 1 is 1.40 bits per heavy atom. The summed E-state index contributed by atoms with van der Waals surface area (Å²) in [6.45, 7) is 5.00. The molecule has 0 bridgehead atoms. The fraction of sp³-hybridized carbons (Fsp3) is 1.00. The predicted octanol–water partition coefficient (Wildman–Crippen LogP) is 0.0301. The molecule has 0 rings (SSSR count). The van der Waals surface area contributed by atoms with Crippen LogP contribution in [-0.4, -0.2) is 30.2 Å². The normalized spacial score (nSPS) is 13.8. The maximum Gasteiger partial charge on any atom is 0.149 e. The molecule has 0 aliphatic heterocycles. The average molecular weight is 164 g/mol. The minimum absolute atomic E-state index is 0.0572. The summed E-state index contributed by atoms with van der Waals surface area (Å²) in [4.78, 5) is 0. The third kappa shape index (κ3) is 4.93. The van der Waals surface area contributed by atoms with Crippen LogP contribution in [0.5, 0.6) is 0 Å². The number of rotatable bonds is 6. The smallest absolute Gasteiger partial charge is 0.149 e. The van der Waals surface area contributed by atoms with Gasteiger partial charge in [0.25, 0.3) is 0 Å². The van der Waals surface area contributed by atoms with Gasteiger partial charge in [0, 0.05) is 6.61 Å². The summed E-state index contributed by atoms with van der Waals surface area (Å²) in [6.07, 6.45) is 0.828. The largest absolute Gasteiger partial charge is 0.404 e. The monoisotopic (exact) mass is 164 g/mol. The fourth-order valence-electron chi connectivity index (χ4n) is 0.560. The first-order valence-electron chi connectivity index (χ1n) is 3.57. The molecule has 10 heavy (non-hydrogen) atoms. The van der Waals surface area contributed by atoms with Gasteiger partial charge in [0.1, 0.15) is 23.6 Å². The van der Waals surface area contributed by atoms with Crippen LogP contribution in [0.1, 0.15) is 20.3 Å². The molecule has 0 spiro atoms. The number of hydrogen-bond donors (Lipinski definition) is 0. The second-order valence-electron chi connectivity index (χ2n) is 1.85. The van der Waals surface area contributed by atoms with Gasteiger partial charge in [-0.05, 0) is 13.3 Å². The molecule has 0 aromatic rings. The van der Waals surface area contributed by atoms with Crippen molar-refractivity contribution in [3.05, 3.63) is 0 Å². The van der Waals surface area contributed by atoms with Crippen LogP contribution in [0.3, 0.4) is 0 Å². The molecule has 0 radical (unpaired) electrons. The molecule has 1 unspecified atom stereocenters. The zero-order valence-corrected chi connectivity index (χ0v) is 8.92. The Morgan fingerprint density at radius 2 is 2.10 bits per heavy atom. The van der Waals surface area contributed by atoms with E-state index in [9.17, 15) is 0 Å². The quantitative estimate of drug-likeness (QED) is 0.315. The van der Waals surface area contributed by atoms with Crippen LogP contribution < -0.4 is 0 Å². The van der Waals surface area contributed by atoms with E-state index < -0.39 is 0 Å². The minimum atomic E-state index is -0.0572. The van der Waals surface area contributed by atoms with Gasteiger partial charge in [0.15, 0.2) is 0 Å². The lowest BCUT2D eigenvalue weighted by atomic mass is 10.5. The topological polar surface area (TPSA) is 27.7 Å². The van der Waals surface area contributed by atoms with Gasteiger partial charge in [-0.2, -0.15) is 0 Å². The molecule has 0 aliphatic carbocycles. The average Bonchev–Trinajstić information content (AvgIpc) is 1.99. The van der Waals surface area contributed by atoms with E-state index in [0.29, 0.717) is 13.4 Å². The molecule has 3 nitrogen and oxygen atoms in total. The maximum atomic E-state index is 5.17. The zero-order chi connectivity index (χ0) is 7.82. The Labute approximate surface area is 65.2 Å². The van der Waals surface area contributed by atoms with Crippen LogP contribution in [0.25, 0.3) is 0 Å². The van der Waals surface area contributed by atoms with Crippen LogP contribution in [0.15, 0.2) is 0 Å². The Balaban J connectivity index is 3.09. The van der Waals surface area contributed by atoms with Crippen LogP contribution in [-0.2, 0) is 13.9 Å². The fourth-order valence-corrected chi connectivity index (χ4v) is 1.03. The highest BCUT2D eigenvalue weighted by atomic mass is 28.2. The maximum absolute atomic E-state index is 5.17. The molecule has 0 heterocycles. The Morgan fingerprint density at radius 3 is 2.50 bits per heavy atom. The summed E-state index contributed by atoms with van der Waals surface area (Å²) >= 11 is 0. The summed E-state index contributed by atoms with van der Waals surface area (Å²) in [6, 6.07) is 0. The van der Waals surface area contributed by atoms with E-state index in [2.05, 4.69) is 0 Å². The van der Waals surface area contributed by atoms with Gasteiger partial charge in [-0.1, -0.05) is 6.92 Å². The van der Waals surface area contributed by atoms with E-state index in [1.807, 2.05) is 13.8 Å². The van der Waals surface area contributed by atoms with Gasteiger partial charge in [-0.15, -0.1) is 0 Å². The van der Waals surface area contributed by atoms with Gasteiger partial charge in [0.2, 0.25) is 0 Å². The summed E-state index contributed by atoms with van der Waals surface area (Å²) in [5.41, 5.74) is 0. The molecule has 1 atom stereocenters. The third-order valence-corrected chi connectivity index (χ3v) is 1.66. The lowest BCUT2D eigenvalue weighted by Crippen LogP contribution is -2.16. The van der Waals surface area contributed by atoms with Crippen molar-refractivity contribution in [2.24, 2.45) is 0 Å². The summed E-state index contributed by atoms with van der Waals surface area (Å²) < 4.78 is 15.2. The van der Waals surface area contributed by atoms with Crippen LogP contribution in [0.4, 0.5) is 0 Å². The highest BCUT2D eigenvalue weighted by molar-refractivity contribution is 5.98. The van der Waals surface area contributed by atoms with E-state index >= 15 is 0 Å². The number of ether oxygens (including phenoxy) is 2. The first-order chi connectivity index (χ1) is 4.85. The van der Waals surface area contributed by atoms with E-state index in [1.165, 1.54) is 0 Å². The first-order valence-corrected chi connectivity index (χ1v) is 4.38. The SMILES string of the molecule is CCOCOC(CC)O[SiH3]. The summed E-state index contributed by atoms with van der Waals surface area (Å²) in [5.74, 6) is 0. The van der Waals surface area contributed by atoms with Crippen molar-refractivity contribution in [1.29, 1.82) is 0 Å². The van der Waals surface area contributed by atoms with Crippen LogP contribution in [0, 0.1) is 0 Å². The highest BCUT2D eigenvalue weighted by Gasteiger charge is 2.00. The van der Waals surface area contributed by atoms with E-state index in [1.54, 1.807) is 0 Å². The molecule has 4 heteroatoms. The molecule has 0 aromatic carbocycles. The van der Waals surface area contributed by atoms with Gasteiger partial charge in [0.05, 0.1) is 0 Å². The summed E-state index contributed by atoms with van der Waals surface area (Å²) in [7, 11) is 0.720. The van der Waals surface area contributed by atoms with Crippen molar-refractivity contribution < 1.29 is 13.9 Å². The lowest BCUT2D eigenvalue weighted by molar-refractivity contribution is -0.154. The molecule has 0 aliphatic rings. The van der Waals surface area contributed by atoms with E-state index in [4.69, 9.17) is 13.9 Å². The van der Waals surface area contributed by atoms with E-state index in [0.717, 1.165) is 16.9 Å². The van der Waals surface area contributed by atoms with Crippen LogP contribution >= 0.6 is 0 Å². The molecule has 0 fully saturated rings. The van der Waals surface area contributed by atoms with Crippen molar-refractivity contribution in [2.75, 3.05) is 13.4 Å². The minimum Gasteiger partial charge on any atom is -0.404 e. The van der Waals surface area contributed by atoms with Gasteiger partial charge < -0.3 is 13.9 Å². The summed E-state index contributed by atoms with van der Waals surface area (Å²) in [5, 5.41) is 0. The first kappa shape index (κ1) is 10.1. The van der Waals surface area contributed by atoms with E-state index in [-0.39, 0.29) is 6.29 Å². The van der Waals surface area contributed by atoms with Crippen molar-refractivity contribution in [3.63, 3.8) is 0 Å². The standard InChI is InChI=1S/C6H16O3Si/c1-3-6(9-10)8-5-7-4-2/h6H,3-5H2,1-2,10H3. The predicted molar refractivity (Wildman–Crippen MR) is 42.7 cm³/mol. The van der Waals surface area contributed by atoms with Gasteiger partial charge in [-0.3, -0.25) is 0 Å². The molecule has 0 N–H and O–H groups in total. The third-order valence-electron chi connectivity index (χ3n) is 1.14. The van der Waals surface area contributed by atoms with Crippen molar-refractivity contribution >= 4 is 10.5 Å². The zero-order valence-electron chi connectivity index (χ0n) is 6.92. The van der Waals surface area contributed by atoms with Crippen molar-refractivity contribution in [2.45, 2.75) is 26.6 Å². The number of hydrogen-bond acceptors (Lipinski definition) is 3. The molecule has 0 saturated heterocycles. The molecular formula is C6H16O3Si. The van der Waals surface area contributed by atoms with Crippen LogP contribution in [0.2, 0.25) is 0 Å². The van der Waals surface area contributed by atoms with Gasteiger partial charge >= 0.3 is 0 Å². The molecule has 62 valence electrons. The Kier molecular flexibility index (Phi) is 7.28. The van der Waals surface area contributed by atoms with Crippen molar-refractivity contribution in [1.82, 2.24) is 0 Å². The lowest BCUT2D eigenvalue weighted by Gasteiger charge is -2.13. The Bertz CT molecular complexity index is 66.0. The van der Waals surface area contributed by atoms with Crippen molar-refractivity contribution in [3.8, 4) is 0 Å². The molecule has 0 aromatic heterocycles. The highest BCUT2D eigenvalue weighted by Crippen LogP contribution is 1.96. The molecule has 0 saturated carbocycles. The Hall–Kier alpha value is 0.0969. The second kappa shape index (κ2) is 7.21. The molecule has 0 amide bonds. The molecular weight excluding hydrogens is 148 g/mol.